The molecule has 0 aromatic heterocycles. The summed E-state index contributed by atoms with van der Waals surface area (Å²) in [7, 11) is 1.53. The van der Waals surface area contributed by atoms with Crippen LogP contribution in [0.4, 0.5) is 16.2 Å². The summed E-state index contributed by atoms with van der Waals surface area (Å²) in [4.78, 5) is 23.3. The third-order valence-electron chi connectivity index (χ3n) is 3.34. The number of hydrogen-bond donors (Lipinski definition) is 3. The molecule has 6 nitrogen and oxygen atoms in total. The summed E-state index contributed by atoms with van der Waals surface area (Å²) in [5.74, 6) is 0.447. The smallest absolute Gasteiger partial charge is 0.318 e. The molecule has 0 aliphatic heterocycles. The lowest BCUT2D eigenvalue weighted by Gasteiger charge is -2.11. The number of amides is 3. The topological polar surface area (TPSA) is 79.5 Å². The van der Waals surface area contributed by atoms with Gasteiger partial charge >= 0.3 is 6.03 Å². The van der Waals surface area contributed by atoms with Crippen LogP contribution in [0, 0.1) is 0 Å². The molecule has 0 spiro atoms. The van der Waals surface area contributed by atoms with Crippen molar-refractivity contribution in [2.45, 2.75) is 13.3 Å². The fraction of sp³-hybridized carbons (Fsp3) is 0.222. The number of carbonyl (C=O) groups is 2. The molecule has 0 radical (unpaired) electrons. The van der Waals surface area contributed by atoms with Crippen LogP contribution in [0.3, 0.4) is 0 Å². The van der Waals surface area contributed by atoms with Crippen LogP contribution in [-0.2, 0) is 11.2 Å². The monoisotopic (exact) mass is 327 g/mol. The zero-order valence-corrected chi connectivity index (χ0v) is 13.8. The van der Waals surface area contributed by atoms with Crippen molar-refractivity contribution in [1.82, 2.24) is 5.32 Å². The first-order valence-corrected chi connectivity index (χ1v) is 7.71. The summed E-state index contributed by atoms with van der Waals surface area (Å²) in [6, 6.07) is 14.2. The van der Waals surface area contributed by atoms with Crippen LogP contribution in [0.2, 0.25) is 0 Å². The van der Waals surface area contributed by atoms with E-state index in [1.54, 1.807) is 24.3 Å². The van der Waals surface area contributed by atoms with Gasteiger partial charge in [0.2, 0.25) is 0 Å². The Kier molecular flexibility index (Phi) is 6.19. The third-order valence-corrected chi connectivity index (χ3v) is 3.34. The maximum absolute atomic E-state index is 12.0. The number of urea groups is 1. The Morgan fingerprint density at radius 2 is 1.71 bits per heavy atom. The van der Waals surface area contributed by atoms with E-state index in [9.17, 15) is 9.59 Å². The summed E-state index contributed by atoms with van der Waals surface area (Å²) in [6.45, 7) is 1.96. The molecule has 2 rings (SSSR count). The molecule has 0 bridgehead atoms. The van der Waals surface area contributed by atoms with Crippen LogP contribution >= 0.6 is 0 Å². The van der Waals surface area contributed by atoms with Crippen molar-refractivity contribution in [1.29, 1.82) is 0 Å². The van der Waals surface area contributed by atoms with Crippen molar-refractivity contribution >= 4 is 23.3 Å². The molecule has 24 heavy (non-hydrogen) atoms. The lowest BCUT2D eigenvalue weighted by atomic mass is 10.1. The molecule has 3 amide bonds. The number of carbonyl (C=O) groups excluding carboxylic acids is 2. The van der Waals surface area contributed by atoms with Crippen molar-refractivity contribution in [2.24, 2.45) is 0 Å². The predicted octanol–water partition coefficient (Wildman–Crippen LogP) is 3.02. The lowest BCUT2D eigenvalue weighted by molar-refractivity contribution is -0.118. The lowest BCUT2D eigenvalue weighted by Crippen LogP contribution is -2.24. The highest BCUT2D eigenvalue weighted by molar-refractivity contribution is 5.94. The van der Waals surface area contributed by atoms with Crippen molar-refractivity contribution < 1.29 is 14.3 Å². The van der Waals surface area contributed by atoms with Gasteiger partial charge in [0.05, 0.1) is 0 Å². The van der Waals surface area contributed by atoms with Gasteiger partial charge < -0.3 is 20.7 Å². The zero-order valence-electron chi connectivity index (χ0n) is 13.8. The average Bonchev–Trinajstić information content (AvgIpc) is 2.60. The largest absolute Gasteiger partial charge is 0.483 e. The highest BCUT2D eigenvalue weighted by Gasteiger charge is 2.07. The van der Waals surface area contributed by atoms with E-state index >= 15 is 0 Å². The Morgan fingerprint density at radius 3 is 2.42 bits per heavy atom. The van der Waals surface area contributed by atoms with Crippen LogP contribution < -0.4 is 20.7 Å². The van der Waals surface area contributed by atoms with Gasteiger partial charge in [0.15, 0.2) is 6.61 Å². The van der Waals surface area contributed by atoms with Gasteiger partial charge in [0.1, 0.15) is 5.75 Å². The van der Waals surface area contributed by atoms with Gasteiger partial charge in [-0.05, 0) is 36.2 Å². The Morgan fingerprint density at radius 1 is 1.00 bits per heavy atom. The molecule has 0 saturated heterocycles. The van der Waals surface area contributed by atoms with E-state index in [1.807, 2.05) is 31.2 Å². The number of hydrogen-bond acceptors (Lipinski definition) is 3. The van der Waals surface area contributed by atoms with Gasteiger partial charge in [0, 0.05) is 18.4 Å². The van der Waals surface area contributed by atoms with E-state index in [2.05, 4.69) is 16.0 Å². The molecule has 0 atom stereocenters. The standard InChI is InChI=1S/C18H21N3O3/c1-3-13-7-4-5-10-16(13)24-12-17(22)20-14-8-6-9-15(11-14)21-18(23)19-2/h4-11H,3,12H2,1-2H3,(H,20,22)(H2,19,21,23). The second-order valence-electron chi connectivity index (χ2n) is 5.08. The molecule has 3 N–H and O–H groups in total. The fourth-order valence-corrected chi connectivity index (χ4v) is 2.15. The number of anilines is 2. The van der Waals surface area contributed by atoms with E-state index in [0.717, 1.165) is 12.0 Å². The third kappa shape index (κ3) is 5.01. The molecule has 6 heteroatoms. The van der Waals surface area contributed by atoms with Crippen LogP contribution in [0.15, 0.2) is 48.5 Å². The molecule has 0 aliphatic carbocycles. The number of para-hydroxylation sites is 1. The van der Waals surface area contributed by atoms with Gasteiger partial charge in [-0.2, -0.15) is 0 Å². The van der Waals surface area contributed by atoms with E-state index < -0.39 is 0 Å². The van der Waals surface area contributed by atoms with Crippen molar-refractivity contribution in [3.05, 3.63) is 54.1 Å². The van der Waals surface area contributed by atoms with Gasteiger partial charge in [-0.3, -0.25) is 4.79 Å². The summed E-state index contributed by atoms with van der Waals surface area (Å²) in [5, 5.41) is 7.86. The molecule has 126 valence electrons. The summed E-state index contributed by atoms with van der Waals surface area (Å²) in [5.41, 5.74) is 2.23. The van der Waals surface area contributed by atoms with Gasteiger partial charge in [-0.1, -0.05) is 31.2 Å². The van der Waals surface area contributed by atoms with E-state index in [1.165, 1.54) is 7.05 Å². The van der Waals surface area contributed by atoms with Crippen LogP contribution in [0.1, 0.15) is 12.5 Å². The van der Waals surface area contributed by atoms with Gasteiger partial charge in [-0.15, -0.1) is 0 Å². The maximum atomic E-state index is 12.0. The summed E-state index contributed by atoms with van der Waals surface area (Å²) in [6.07, 6.45) is 0.838. The summed E-state index contributed by atoms with van der Waals surface area (Å²) < 4.78 is 5.58. The number of rotatable bonds is 6. The average molecular weight is 327 g/mol. The molecule has 2 aromatic carbocycles. The number of ether oxygens (including phenoxy) is 1. The predicted molar refractivity (Wildman–Crippen MR) is 94.5 cm³/mol. The first kappa shape index (κ1) is 17.3. The number of aryl methyl sites for hydroxylation is 1. The normalized spacial score (nSPS) is 9.92. The molecule has 0 aliphatic rings. The summed E-state index contributed by atoms with van der Waals surface area (Å²) >= 11 is 0. The Hall–Kier alpha value is -3.02. The quantitative estimate of drug-likeness (QED) is 0.763. The first-order valence-electron chi connectivity index (χ1n) is 7.71. The van der Waals surface area contributed by atoms with Crippen molar-refractivity contribution in [3.8, 4) is 5.75 Å². The second kappa shape index (κ2) is 8.57. The van der Waals surface area contributed by atoms with E-state index in [4.69, 9.17) is 4.74 Å². The Bertz CT molecular complexity index is 716. The molecule has 0 heterocycles. The van der Waals surface area contributed by atoms with Crippen LogP contribution in [0.25, 0.3) is 0 Å². The van der Waals surface area contributed by atoms with Gasteiger partial charge in [0.25, 0.3) is 5.91 Å². The highest BCUT2D eigenvalue weighted by atomic mass is 16.5. The second-order valence-corrected chi connectivity index (χ2v) is 5.08. The first-order chi connectivity index (χ1) is 11.6. The van der Waals surface area contributed by atoms with Gasteiger partial charge in [-0.25, -0.2) is 4.79 Å². The Balaban J connectivity index is 1.92. The Labute approximate surface area is 141 Å². The van der Waals surface area contributed by atoms with E-state index in [0.29, 0.717) is 17.1 Å². The minimum absolute atomic E-state index is 0.0793. The fourth-order valence-electron chi connectivity index (χ4n) is 2.15. The molecular formula is C18H21N3O3. The van der Waals surface area contributed by atoms with Crippen LogP contribution in [0.5, 0.6) is 5.75 Å². The van der Waals surface area contributed by atoms with Crippen LogP contribution in [-0.4, -0.2) is 25.6 Å². The molecule has 0 fully saturated rings. The molecule has 0 unspecified atom stereocenters. The minimum Gasteiger partial charge on any atom is -0.483 e. The molecule has 2 aromatic rings. The molecule has 0 saturated carbocycles. The number of benzene rings is 2. The zero-order chi connectivity index (χ0) is 17.4. The molecular weight excluding hydrogens is 306 g/mol. The highest BCUT2D eigenvalue weighted by Crippen LogP contribution is 2.19. The van der Waals surface area contributed by atoms with E-state index in [-0.39, 0.29) is 18.5 Å². The number of nitrogens with one attached hydrogen (secondary N) is 3. The SMILES string of the molecule is CCc1ccccc1OCC(=O)Nc1cccc(NC(=O)NC)c1. The maximum Gasteiger partial charge on any atom is 0.318 e. The minimum atomic E-state index is -0.321. The van der Waals surface area contributed by atoms with Crippen molar-refractivity contribution in [2.75, 3.05) is 24.3 Å². The van der Waals surface area contributed by atoms with Crippen molar-refractivity contribution in [3.63, 3.8) is 0 Å².